The molecule has 0 unspecified atom stereocenters. The number of para-hydroxylation sites is 1. The highest BCUT2D eigenvalue weighted by Crippen LogP contribution is 2.20. The number of nitrogens with zero attached hydrogens (tertiary/aromatic N) is 1. The molecule has 21 heavy (non-hydrogen) atoms. The second-order valence-electron chi connectivity index (χ2n) is 4.37. The minimum Gasteiger partial charge on any atom is -0.478 e. The van der Waals surface area contributed by atoms with Gasteiger partial charge in [-0.05, 0) is 36.2 Å². The molecule has 0 aliphatic rings. The van der Waals surface area contributed by atoms with Crippen LogP contribution in [0.1, 0.15) is 22.3 Å². The maximum Gasteiger partial charge on any atom is 0.337 e. The van der Waals surface area contributed by atoms with Gasteiger partial charge in [0.25, 0.3) is 0 Å². The van der Waals surface area contributed by atoms with Crippen molar-refractivity contribution >= 4 is 17.6 Å². The number of carbonyl (C=O) groups is 2. The van der Waals surface area contributed by atoms with Crippen molar-refractivity contribution in [3.8, 4) is 0 Å². The lowest BCUT2D eigenvalue weighted by molar-refractivity contribution is -0.116. The van der Waals surface area contributed by atoms with Gasteiger partial charge in [-0.15, -0.1) is 0 Å². The van der Waals surface area contributed by atoms with Crippen LogP contribution in [0.25, 0.3) is 0 Å². The van der Waals surface area contributed by atoms with Crippen molar-refractivity contribution in [2.45, 2.75) is 12.8 Å². The topological polar surface area (TPSA) is 79.3 Å². The second-order valence-corrected chi connectivity index (χ2v) is 4.37. The Morgan fingerprint density at radius 2 is 1.90 bits per heavy atom. The number of aromatic carboxylic acids is 1. The summed E-state index contributed by atoms with van der Waals surface area (Å²) in [5.74, 6) is -2.51. The smallest absolute Gasteiger partial charge is 0.337 e. The summed E-state index contributed by atoms with van der Waals surface area (Å²) in [5.41, 5.74) is 0.351. The van der Waals surface area contributed by atoms with E-state index in [0.29, 0.717) is 6.42 Å². The highest BCUT2D eigenvalue weighted by molar-refractivity contribution is 6.00. The lowest BCUT2D eigenvalue weighted by Gasteiger charge is -2.09. The quantitative estimate of drug-likeness (QED) is 0.886. The molecule has 0 spiro atoms. The predicted molar refractivity (Wildman–Crippen MR) is 74.5 cm³/mol. The summed E-state index contributed by atoms with van der Waals surface area (Å²) in [7, 11) is 0. The first-order valence-corrected chi connectivity index (χ1v) is 6.28. The zero-order valence-electron chi connectivity index (χ0n) is 11.0. The maximum absolute atomic E-state index is 13.6. The van der Waals surface area contributed by atoms with Gasteiger partial charge >= 0.3 is 5.97 Å². The van der Waals surface area contributed by atoms with E-state index in [1.807, 2.05) is 0 Å². The van der Waals surface area contributed by atoms with Gasteiger partial charge in [-0.2, -0.15) is 0 Å². The molecule has 5 nitrogen and oxygen atoms in total. The summed E-state index contributed by atoms with van der Waals surface area (Å²) in [5, 5.41) is 11.3. The van der Waals surface area contributed by atoms with Gasteiger partial charge in [0, 0.05) is 18.8 Å². The van der Waals surface area contributed by atoms with E-state index in [0.717, 1.165) is 11.6 Å². The Morgan fingerprint density at radius 3 is 2.57 bits per heavy atom. The maximum atomic E-state index is 13.6. The molecule has 0 aliphatic heterocycles. The molecule has 0 saturated carbocycles. The van der Waals surface area contributed by atoms with Crippen LogP contribution in [-0.2, 0) is 11.2 Å². The Morgan fingerprint density at radius 1 is 1.19 bits per heavy atom. The molecule has 0 fully saturated rings. The van der Waals surface area contributed by atoms with Crippen molar-refractivity contribution in [1.29, 1.82) is 0 Å². The fourth-order valence-corrected chi connectivity index (χ4v) is 1.84. The van der Waals surface area contributed by atoms with Crippen LogP contribution in [0.4, 0.5) is 10.1 Å². The Labute approximate surface area is 120 Å². The van der Waals surface area contributed by atoms with E-state index in [2.05, 4.69) is 10.3 Å². The summed E-state index contributed by atoms with van der Waals surface area (Å²) in [4.78, 5) is 26.7. The van der Waals surface area contributed by atoms with E-state index in [-0.39, 0.29) is 17.7 Å². The molecule has 0 aliphatic carbocycles. The Balaban J connectivity index is 2.05. The third-order valence-corrected chi connectivity index (χ3v) is 2.90. The minimum absolute atomic E-state index is 0.122. The monoisotopic (exact) mass is 288 g/mol. The van der Waals surface area contributed by atoms with Gasteiger partial charge in [-0.3, -0.25) is 9.78 Å². The zero-order chi connectivity index (χ0) is 15.2. The summed E-state index contributed by atoms with van der Waals surface area (Å²) in [6.07, 6.45) is 3.82. The number of pyridine rings is 1. The normalized spacial score (nSPS) is 10.1. The van der Waals surface area contributed by atoms with Crippen molar-refractivity contribution in [3.05, 3.63) is 59.7 Å². The van der Waals surface area contributed by atoms with E-state index < -0.39 is 17.7 Å². The van der Waals surface area contributed by atoms with Crippen LogP contribution in [-0.4, -0.2) is 22.0 Å². The number of aryl methyl sites for hydroxylation is 1. The average Bonchev–Trinajstić information content (AvgIpc) is 2.48. The first-order valence-electron chi connectivity index (χ1n) is 6.28. The summed E-state index contributed by atoms with van der Waals surface area (Å²) < 4.78 is 13.6. The van der Waals surface area contributed by atoms with Crippen LogP contribution in [0.2, 0.25) is 0 Å². The number of nitrogens with one attached hydrogen (secondary N) is 1. The number of aromatic nitrogens is 1. The molecule has 0 saturated heterocycles. The first-order chi connectivity index (χ1) is 10.1. The molecule has 0 atom stereocenters. The summed E-state index contributed by atoms with van der Waals surface area (Å²) in [6, 6.07) is 7.18. The molecule has 1 amide bonds. The van der Waals surface area contributed by atoms with Crippen LogP contribution >= 0.6 is 0 Å². The number of anilines is 1. The molecule has 1 heterocycles. The fourth-order valence-electron chi connectivity index (χ4n) is 1.84. The molecular formula is C15H13FN2O3. The van der Waals surface area contributed by atoms with Crippen LogP contribution in [0.3, 0.4) is 0 Å². The Bertz CT molecular complexity index is 659. The highest BCUT2D eigenvalue weighted by atomic mass is 19.1. The third-order valence-electron chi connectivity index (χ3n) is 2.90. The van der Waals surface area contributed by atoms with Gasteiger partial charge in [-0.25, -0.2) is 9.18 Å². The predicted octanol–water partition coefficient (Wildman–Crippen LogP) is 2.49. The summed E-state index contributed by atoms with van der Waals surface area (Å²) >= 11 is 0. The first kappa shape index (κ1) is 14.6. The van der Waals surface area contributed by atoms with Gasteiger partial charge in [0.2, 0.25) is 5.91 Å². The van der Waals surface area contributed by atoms with Gasteiger partial charge in [-0.1, -0.05) is 6.07 Å². The van der Waals surface area contributed by atoms with Crippen LogP contribution in [0.5, 0.6) is 0 Å². The molecule has 1 aromatic heterocycles. The molecule has 0 radical (unpaired) electrons. The molecule has 2 N–H and O–H groups in total. The fraction of sp³-hybridized carbons (Fsp3) is 0.133. The molecular weight excluding hydrogens is 275 g/mol. The third kappa shape index (κ3) is 3.85. The number of rotatable bonds is 5. The number of carboxylic acid groups (broad SMARTS) is 1. The summed E-state index contributed by atoms with van der Waals surface area (Å²) in [6.45, 7) is 0. The van der Waals surface area contributed by atoms with Crippen molar-refractivity contribution in [3.63, 3.8) is 0 Å². The molecule has 2 aromatic rings. The molecule has 0 bridgehead atoms. The number of benzene rings is 1. The Kier molecular flexibility index (Phi) is 4.61. The number of carbonyl (C=O) groups excluding carboxylic acids is 1. The van der Waals surface area contributed by atoms with Crippen LogP contribution in [0, 0.1) is 5.82 Å². The van der Waals surface area contributed by atoms with Gasteiger partial charge in [0.1, 0.15) is 5.82 Å². The lowest BCUT2D eigenvalue weighted by Crippen LogP contribution is -2.16. The van der Waals surface area contributed by atoms with E-state index in [1.54, 1.807) is 24.5 Å². The molecule has 108 valence electrons. The van der Waals surface area contributed by atoms with Crippen molar-refractivity contribution in [2.24, 2.45) is 0 Å². The number of halogens is 1. The molecule has 6 heteroatoms. The number of hydrogen-bond acceptors (Lipinski definition) is 3. The zero-order valence-corrected chi connectivity index (χ0v) is 11.0. The average molecular weight is 288 g/mol. The van der Waals surface area contributed by atoms with Gasteiger partial charge in [0.05, 0.1) is 11.3 Å². The van der Waals surface area contributed by atoms with E-state index in [4.69, 9.17) is 5.11 Å². The second kappa shape index (κ2) is 6.60. The van der Waals surface area contributed by atoms with Crippen LogP contribution < -0.4 is 5.32 Å². The Hall–Kier alpha value is -2.76. The van der Waals surface area contributed by atoms with E-state index >= 15 is 0 Å². The van der Waals surface area contributed by atoms with Crippen molar-refractivity contribution in [1.82, 2.24) is 4.98 Å². The largest absolute Gasteiger partial charge is 0.478 e. The minimum atomic E-state index is -1.29. The number of carboxylic acids is 1. The lowest BCUT2D eigenvalue weighted by atomic mass is 10.1. The highest BCUT2D eigenvalue weighted by Gasteiger charge is 2.16. The van der Waals surface area contributed by atoms with Crippen LogP contribution in [0.15, 0.2) is 42.7 Å². The SMILES string of the molecule is O=C(CCc1ccncc1)Nc1c(F)cccc1C(=O)O. The number of amides is 1. The van der Waals surface area contributed by atoms with E-state index in [1.165, 1.54) is 12.1 Å². The van der Waals surface area contributed by atoms with Gasteiger partial charge < -0.3 is 10.4 Å². The van der Waals surface area contributed by atoms with E-state index in [9.17, 15) is 14.0 Å². The molecule has 2 rings (SSSR count). The molecule has 1 aromatic carbocycles. The number of hydrogen-bond donors (Lipinski definition) is 2. The van der Waals surface area contributed by atoms with Gasteiger partial charge in [0.15, 0.2) is 0 Å². The van der Waals surface area contributed by atoms with Crippen molar-refractivity contribution in [2.75, 3.05) is 5.32 Å². The standard InChI is InChI=1S/C15H13FN2O3/c16-12-3-1-2-11(15(20)21)14(12)18-13(19)5-4-10-6-8-17-9-7-10/h1-3,6-9H,4-5H2,(H,18,19)(H,20,21). The van der Waals surface area contributed by atoms with Crippen molar-refractivity contribution < 1.29 is 19.1 Å².